The van der Waals surface area contributed by atoms with Gasteiger partial charge in [-0.3, -0.25) is 4.79 Å². The zero-order valence-electron chi connectivity index (χ0n) is 11.3. The van der Waals surface area contributed by atoms with Gasteiger partial charge in [-0.2, -0.15) is 0 Å². The van der Waals surface area contributed by atoms with Gasteiger partial charge in [-0.15, -0.1) is 0 Å². The Morgan fingerprint density at radius 1 is 1.32 bits per heavy atom. The summed E-state index contributed by atoms with van der Waals surface area (Å²) >= 11 is 0. The van der Waals surface area contributed by atoms with Crippen molar-refractivity contribution in [1.29, 1.82) is 0 Å². The zero-order chi connectivity index (χ0) is 15.0. The minimum Gasteiger partial charge on any atom is -0.480 e. The van der Waals surface area contributed by atoms with Crippen molar-refractivity contribution in [2.45, 2.75) is 19.4 Å². The summed E-state index contributed by atoms with van der Waals surface area (Å²) in [4.78, 5) is 35.1. The molecule has 3 amide bonds. The maximum absolute atomic E-state index is 11.7. The first kappa shape index (κ1) is 17.2. The highest BCUT2D eigenvalue weighted by Gasteiger charge is 2.23. The smallest absolute Gasteiger partial charge is 0.326 e. The quantitative estimate of drug-likeness (QED) is 0.467. The third-order valence-electron chi connectivity index (χ3n) is 2.60. The van der Waals surface area contributed by atoms with Crippen LogP contribution < -0.4 is 10.6 Å². The number of hydrogen-bond donors (Lipinski definition) is 4. The van der Waals surface area contributed by atoms with Crippen molar-refractivity contribution in [3.05, 3.63) is 0 Å². The van der Waals surface area contributed by atoms with E-state index in [0.717, 1.165) is 0 Å². The lowest BCUT2D eigenvalue weighted by Gasteiger charge is -2.23. The zero-order valence-corrected chi connectivity index (χ0v) is 11.3. The van der Waals surface area contributed by atoms with Gasteiger partial charge in [-0.05, 0) is 0 Å². The summed E-state index contributed by atoms with van der Waals surface area (Å²) < 4.78 is 0. The molecule has 0 fully saturated rings. The average molecular weight is 275 g/mol. The lowest BCUT2D eigenvalue weighted by atomic mass is 10.1. The van der Waals surface area contributed by atoms with Crippen molar-refractivity contribution in [3.8, 4) is 0 Å². The van der Waals surface area contributed by atoms with E-state index in [1.807, 2.05) is 0 Å². The summed E-state index contributed by atoms with van der Waals surface area (Å²) in [5.41, 5.74) is 0. The van der Waals surface area contributed by atoms with Crippen LogP contribution in [0, 0.1) is 5.92 Å². The van der Waals surface area contributed by atoms with Crippen LogP contribution in [-0.2, 0) is 9.59 Å². The van der Waals surface area contributed by atoms with Crippen LogP contribution in [0.5, 0.6) is 0 Å². The topological polar surface area (TPSA) is 119 Å². The number of carboxylic acid groups (broad SMARTS) is 1. The minimum absolute atomic E-state index is 0.0695. The Balaban J connectivity index is 4.40. The first-order valence-corrected chi connectivity index (χ1v) is 5.90. The molecule has 4 N–H and O–H groups in total. The molecule has 0 aliphatic rings. The highest BCUT2D eigenvalue weighted by atomic mass is 16.4. The molecule has 110 valence electrons. The number of nitrogens with one attached hydrogen (secondary N) is 2. The van der Waals surface area contributed by atoms with E-state index in [2.05, 4.69) is 10.6 Å². The van der Waals surface area contributed by atoms with Crippen molar-refractivity contribution >= 4 is 17.9 Å². The Morgan fingerprint density at radius 3 is 2.32 bits per heavy atom. The van der Waals surface area contributed by atoms with Gasteiger partial charge in [0.15, 0.2) is 0 Å². The molecule has 2 unspecified atom stereocenters. The van der Waals surface area contributed by atoms with Crippen LogP contribution in [0.2, 0.25) is 0 Å². The Labute approximate surface area is 111 Å². The molecule has 0 rings (SSSR count). The summed E-state index contributed by atoms with van der Waals surface area (Å²) in [7, 11) is 2.97. The van der Waals surface area contributed by atoms with Crippen LogP contribution in [-0.4, -0.2) is 66.3 Å². The first-order chi connectivity index (χ1) is 8.83. The van der Waals surface area contributed by atoms with Gasteiger partial charge in [0, 0.05) is 33.7 Å². The Morgan fingerprint density at radius 2 is 1.89 bits per heavy atom. The molecule has 0 aliphatic heterocycles. The standard InChI is InChI=1S/C11H21N3O5/c1-7(9(16)12-2)6-14(3)11(19)13-8(4-5-15)10(17)18/h7-8,15H,4-6H2,1-3H3,(H,12,16)(H,13,19)(H,17,18). The summed E-state index contributed by atoms with van der Waals surface area (Å²) in [6.07, 6.45) is -0.0695. The van der Waals surface area contributed by atoms with E-state index in [1.165, 1.54) is 19.0 Å². The van der Waals surface area contributed by atoms with Crippen molar-refractivity contribution < 1.29 is 24.6 Å². The van der Waals surface area contributed by atoms with Gasteiger partial charge in [-0.25, -0.2) is 9.59 Å². The van der Waals surface area contributed by atoms with Crippen molar-refractivity contribution in [2.75, 3.05) is 27.2 Å². The number of nitrogens with zero attached hydrogens (tertiary/aromatic N) is 1. The molecule has 0 saturated carbocycles. The molecular formula is C11H21N3O5. The van der Waals surface area contributed by atoms with Crippen LogP contribution >= 0.6 is 0 Å². The van der Waals surface area contributed by atoms with Gasteiger partial charge in [0.05, 0.1) is 5.92 Å². The number of aliphatic carboxylic acids is 1. The number of carboxylic acids is 1. The van der Waals surface area contributed by atoms with E-state index in [4.69, 9.17) is 10.2 Å². The van der Waals surface area contributed by atoms with E-state index in [1.54, 1.807) is 6.92 Å². The molecule has 0 saturated heterocycles. The third-order valence-corrected chi connectivity index (χ3v) is 2.60. The van der Waals surface area contributed by atoms with Gasteiger partial charge in [0.25, 0.3) is 0 Å². The van der Waals surface area contributed by atoms with Crippen molar-refractivity contribution in [3.63, 3.8) is 0 Å². The molecular weight excluding hydrogens is 254 g/mol. The van der Waals surface area contributed by atoms with Crippen LogP contribution in [0.1, 0.15) is 13.3 Å². The fourth-order valence-corrected chi connectivity index (χ4v) is 1.47. The molecule has 0 aliphatic carbocycles. The monoisotopic (exact) mass is 275 g/mol. The predicted octanol–water partition coefficient (Wildman–Crippen LogP) is -1.15. The minimum atomic E-state index is -1.21. The number of aliphatic hydroxyl groups is 1. The third kappa shape index (κ3) is 6.05. The van der Waals surface area contributed by atoms with Crippen molar-refractivity contribution in [1.82, 2.24) is 15.5 Å². The molecule has 8 heteroatoms. The van der Waals surface area contributed by atoms with E-state index in [-0.39, 0.29) is 25.5 Å². The second-order valence-corrected chi connectivity index (χ2v) is 4.25. The molecule has 0 bridgehead atoms. The highest BCUT2D eigenvalue weighted by Crippen LogP contribution is 2.00. The van der Waals surface area contributed by atoms with Gasteiger partial charge in [-0.1, -0.05) is 6.92 Å². The van der Waals surface area contributed by atoms with Gasteiger partial charge in [0.1, 0.15) is 6.04 Å². The van der Waals surface area contributed by atoms with Crippen LogP contribution in [0.25, 0.3) is 0 Å². The number of carbonyl (C=O) groups excluding carboxylic acids is 2. The second kappa shape index (κ2) is 8.30. The van der Waals surface area contributed by atoms with Crippen molar-refractivity contribution in [2.24, 2.45) is 5.92 Å². The van der Waals surface area contributed by atoms with Gasteiger partial charge < -0.3 is 25.7 Å². The van der Waals surface area contributed by atoms with E-state index < -0.39 is 24.0 Å². The van der Waals surface area contributed by atoms with E-state index in [9.17, 15) is 14.4 Å². The number of carbonyl (C=O) groups is 3. The Hall–Kier alpha value is -1.83. The van der Waals surface area contributed by atoms with Crippen LogP contribution in [0.4, 0.5) is 4.79 Å². The van der Waals surface area contributed by atoms with E-state index in [0.29, 0.717) is 0 Å². The average Bonchev–Trinajstić information content (AvgIpc) is 2.36. The lowest BCUT2D eigenvalue weighted by Crippen LogP contribution is -2.48. The fourth-order valence-electron chi connectivity index (χ4n) is 1.47. The maximum atomic E-state index is 11.7. The summed E-state index contributed by atoms with van der Waals surface area (Å²) in [5.74, 6) is -1.82. The largest absolute Gasteiger partial charge is 0.480 e. The second-order valence-electron chi connectivity index (χ2n) is 4.25. The number of aliphatic hydroxyl groups excluding tert-OH is 1. The van der Waals surface area contributed by atoms with Crippen LogP contribution in [0.15, 0.2) is 0 Å². The van der Waals surface area contributed by atoms with Crippen LogP contribution in [0.3, 0.4) is 0 Å². The van der Waals surface area contributed by atoms with Gasteiger partial charge in [0.2, 0.25) is 5.91 Å². The number of amides is 3. The molecule has 8 nitrogen and oxygen atoms in total. The fraction of sp³-hybridized carbons (Fsp3) is 0.727. The highest BCUT2D eigenvalue weighted by molar-refractivity contribution is 5.83. The Kier molecular flexibility index (Phi) is 7.50. The lowest BCUT2D eigenvalue weighted by molar-refractivity contribution is -0.139. The molecule has 0 radical (unpaired) electrons. The number of urea groups is 1. The number of rotatable bonds is 7. The molecule has 0 spiro atoms. The number of hydrogen-bond acceptors (Lipinski definition) is 4. The molecule has 0 aromatic heterocycles. The van der Waals surface area contributed by atoms with Gasteiger partial charge >= 0.3 is 12.0 Å². The normalized spacial score (nSPS) is 13.3. The summed E-state index contributed by atoms with van der Waals surface area (Å²) in [5, 5.41) is 22.3. The first-order valence-electron chi connectivity index (χ1n) is 5.90. The molecule has 19 heavy (non-hydrogen) atoms. The summed E-state index contributed by atoms with van der Waals surface area (Å²) in [6.45, 7) is 1.48. The summed E-state index contributed by atoms with van der Waals surface area (Å²) in [6, 6.07) is -1.74. The predicted molar refractivity (Wildman–Crippen MR) is 67.5 cm³/mol. The molecule has 2 atom stereocenters. The molecule has 0 aromatic carbocycles. The molecule has 0 aromatic rings. The SMILES string of the molecule is CNC(=O)C(C)CN(C)C(=O)NC(CCO)C(=O)O. The molecule has 0 heterocycles. The van der Waals surface area contributed by atoms with E-state index >= 15 is 0 Å². The maximum Gasteiger partial charge on any atom is 0.326 e. The Bertz CT molecular complexity index is 334.